The van der Waals surface area contributed by atoms with Crippen molar-refractivity contribution in [1.29, 1.82) is 0 Å². The molecule has 1 heterocycles. The zero-order valence-corrected chi connectivity index (χ0v) is 11.1. The zero-order chi connectivity index (χ0) is 12.1. The summed E-state index contributed by atoms with van der Waals surface area (Å²) in [4.78, 5) is 0. The van der Waals surface area contributed by atoms with Gasteiger partial charge >= 0.3 is 0 Å². The zero-order valence-electron chi connectivity index (χ0n) is 11.1. The van der Waals surface area contributed by atoms with Gasteiger partial charge in [-0.1, -0.05) is 63.8 Å². The number of unbranched alkanes of at least 4 members (excludes halogenated alkanes) is 1. The lowest BCUT2D eigenvalue weighted by molar-refractivity contribution is 0.409. The smallest absolute Gasteiger partial charge is 0.106 e. The normalized spacial score (nSPS) is 20.2. The molecule has 1 aliphatic rings. The van der Waals surface area contributed by atoms with E-state index in [4.69, 9.17) is 4.74 Å². The maximum atomic E-state index is 5.43. The first-order valence-corrected chi connectivity index (χ1v) is 7.04. The molecule has 0 spiro atoms. The Morgan fingerprint density at radius 2 is 2.06 bits per heavy atom. The molecule has 0 bridgehead atoms. The summed E-state index contributed by atoms with van der Waals surface area (Å²) in [6, 6.07) is 8.81. The van der Waals surface area contributed by atoms with Gasteiger partial charge in [0.2, 0.25) is 0 Å². The SMILES string of the molecule is CCCCC(CC)Cc1ccccc1C1CO1. The predicted octanol–water partition coefficient (Wildman–Crippen LogP) is 4.52. The lowest BCUT2D eigenvalue weighted by atomic mass is 9.89. The van der Waals surface area contributed by atoms with Crippen LogP contribution in [0.25, 0.3) is 0 Å². The van der Waals surface area contributed by atoms with Gasteiger partial charge in [0.1, 0.15) is 6.10 Å². The Hall–Kier alpha value is -0.820. The number of epoxide rings is 1. The van der Waals surface area contributed by atoms with Gasteiger partial charge in [-0.25, -0.2) is 0 Å². The summed E-state index contributed by atoms with van der Waals surface area (Å²) in [5.41, 5.74) is 2.94. The van der Waals surface area contributed by atoms with Gasteiger partial charge in [-0.05, 0) is 23.5 Å². The first-order chi connectivity index (χ1) is 8.35. The third-order valence-corrected chi connectivity index (χ3v) is 3.79. The second kappa shape index (κ2) is 6.20. The van der Waals surface area contributed by atoms with Crippen LogP contribution in [-0.2, 0) is 11.2 Å². The van der Waals surface area contributed by atoms with E-state index >= 15 is 0 Å². The molecular weight excluding hydrogens is 208 g/mol. The number of ether oxygens (including phenoxy) is 1. The molecule has 0 aliphatic carbocycles. The highest BCUT2D eigenvalue weighted by Gasteiger charge is 2.27. The highest BCUT2D eigenvalue weighted by Crippen LogP contribution is 2.33. The Kier molecular flexibility index (Phi) is 4.61. The number of hydrogen-bond acceptors (Lipinski definition) is 1. The third-order valence-electron chi connectivity index (χ3n) is 3.79. The monoisotopic (exact) mass is 232 g/mol. The van der Waals surface area contributed by atoms with Crippen molar-refractivity contribution in [3.8, 4) is 0 Å². The largest absolute Gasteiger partial charge is 0.368 e. The van der Waals surface area contributed by atoms with Crippen LogP contribution in [0.1, 0.15) is 56.8 Å². The number of benzene rings is 1. The Morgan fingerprint density at radius 3 is 2.71 bits per heavy atom. The molecule has 0 saturated carbocycles. The minimum absolute atomic E-state index is 0.398. The van der Waals surface area contributed by atoms with Crippen molar-refractivity contribution in [2.45, 2.75) is 52.1 Å². The lowest BCUT2D eigenvalue weighted by Crippen LogP contribution is -2.05. The molecule has 2 atom stereocenters. The van der Waals surface area contributed by atoms with Crippen LogP contribution >= 0.6 is 0 Å². The van der Waals surface area contributed by atoms with Gasteiger partial charge in [-0.15, -0.1) is 0 Å². The van der Waals surface area contributed by atoms with Gasteiger partial charge < -0.3 is 4.74 Å². The maximum Gasteiger partial charge on any atom is 0.106 e. The Bertz CT molecular complexity index is 341. The summed E-state index contributed by atoms with van der Waals surface area (Å²) in [6.07, 6.45) is 6.96. The van der Waals surface area contributed by atoms with Crippen molar-refractivity contribution in [2.24, 2.45) is 5.92 Å². The average Bonchev–Trinajstić information content (AvgIpc) is 3.19. The Balaban J connectivity index is 2.00. The Morgan fingerprint density at radius 1 is 1.29 bits per heavy atom. The summed E-state index contributed by atoms with van der Waals surface area (Å²) >= 11 is 0. The molecule has 1 nitrogen and oxygen atoms in total. The van der Waals surface area contributed by atoms with Gasteiger partial charge in [0.15, 0.2) is 0 Å². The molecule has 0 N–H and O–H groups in total. The highest BCUT2D eigenvalue weighted by atomic mass is 16.6. The topological polar surface area (TPSA) is 12.5 Å². The lowest BCUT2D eigenvalue weighted by Gasteiger charge is -2.16. The van der Waals surface area contributed by atoms with Gasteiger partial charge in [-0.3, -0.25) is 0 Å². The second-order valence-corrected chi connectivity index (χ2v) is 5.14. The van der Waals surface area contributed by atoms with Crippen molar-refractivity contribution < 1.29 is 4.74 Å². The maximum absolute atomic E-state index is 5.43. The fourth-order valence-electron chi connectivity index (χ4n) is 2.52. The van der Waals surface area contributed by atoms with E-state index in [0.29, 0.717) is 6.10 Å². The molecule has 1 heteroatoms. The highest BCUT2D eigenvalue weighted by molar-refractivity contribution is 5.31. The van der Waals surface area contributed by atoms with Crippen LogP contribution in [0.4, 0.5) is 0 Å². The molecule has 2 rings (SSSR count). The molecule has 1 fully saturated rings. The molecule has 0 amide bonds. The van der Waals surface area contributed by atoms with Crippen LogP contribution < -0.4 is 0 Å². The van der Waals surface area contributed by atoms with Crippen LogP contribution in [0.2, 0.25) is 0 Å². The van der Waals surface area contributed by atoms with Gasteiger partial charge in [-0.2, -0.15) is 0 Å². The van der Waals surface area contributed by atoms with Crippen molar-refractivity contribution >= 4 is 0 Å². The van der Waals surface area contributed by atoms with E-state index < -0.39 is 0 Å². The molecule has 1 saturated heterocycles. The van der Waals surface area contributed by atoms with E-state index in [9.17, 15) is 0 Å². The van der Waals surface area contributed by atoms with E-state index in [2.05, 4.69) is 38.1 Å². The van der Waals surface area contributed by atoms with Crippen molar-refractivity contribution in [2.75, 3.05) is 6.61 Å². The van der Waals surface area contributed by atoms with Crippen LogP contribution in [0.5, 0.6) is 0 Å². The van der Waals surface area contributed by atoms with Crippen molar-refractivity contribution in [3.05, 3.63) is 35.4 Å². The second-order valence-electron chi connectivity index (χ2n) is 5.14. The molecule has 1 aromatic rings. The van der Waals surface area contributed by atoms with Crippen LogP contribution in [0.3, 0.4) is 0 Å². The van der Waals surface area contributed by atoms with E-state index in [0.717, 1.165) is 12.5 Å². The minimum atomic E-state index is 0.398. The van der Waals surface area contributed by atoms with Gasteiger partial charge in [0.05, 0.1) is 6.61 Å². The molecule has 2 unspecified atom stereocenters. The number of rotatable bonds is 7. The van der Waals surface area contributed by atoms with Crippen LogP contribution in [-0.4, -0.2) is 6.61 Å². The van der Waals surface area contributed by atoms with Crippen molar-refractivity contribution in [1.82, 2.24) is 0 Å². The van der Waals surface area contributed by atoms with Crippen LogP contribution in [0, 0.1) is 5.92 Å². The molecule has 1 aliphatic heterocycles. The molecular formula is C16H24O. The fourth-order valence-corrected chi connectivity index (χ4v) is 2.52. The standard InChI is InChI=1S/C16H24O/c1-3-5-8-13(4-2)11-14-9-6-7-10-15(14)16-12-17-16/h6-7,9-10,13,16H,3-5,8,11-12H2,1-2H3. The van der Waals surface area contributed by atoms with E-state index in [1.807, 2.05) is 0 Å². The summed E-state index contributed by atoms with van der Waals surface area (Å²) < 4.78 is 5.43. The first kappa shape index (κ1) is 12.6. The number of hydrogen-bond donors (Lipinski definition) is 0. The average molecular weight is 232 g/mol. The molecule has 0 radical (unpaired) electrons. The third kappa shape index (κ3) is 3.57. The quantitative estimate of drug-likeness (QED) is 0.630. The molecule has 17 heavy (non-hydrogen) atoms. The Labute approximate surface area is 105 Å². The summed E-state index contributed by atoms with van der Waals surface area (Å²) in [5, 5.41) is 0. The summed E-state index contributed by atoms with van der Waals surface area (Å²) in [6.45, 7) is 5.51. The molecule has 94 valence electrons. The van der Waals surface area contributed by atoms with E-state index in [-0.39, 0.29) is 0 Å². The summed E-state index contributed by atoms with van der Waals surface area (Å²) in [7, 11) is 0. The molecule has 0 aromatic heterocycles. The van der Waals surface area contributed by atoms with Gasteiger partial charge in [0.25, 0.3) is 0 Å². The van der Waals surface area contributed by atoms with Crippen molar-refractivity contribution in [3.63, 3.8) is 0 Å². The van der Waals surface area contributed by atoms with E-state index in [1.165, 1.54) is 43.2 Å². The molecule has 1 aromatic carbocycles. The van der Waals surface area contributed by atoms with Crippen LogP contribution in [0.15, 0.2) is 24.3 Å². The van der Waals surface area contributed by atoms with E-state index in [1.54, 1.807) is 0 Å². The van der Waals surface area contributed by atoms with Gasteiger partial charge in [0, 0.05) is 0 Å². The minimum Gasteiger partial charge on any atom is -0.368 e. The first-order valence-electron chi connectivity index (χ1n) is 7.04. The fraction of sp³-hybridized carbons (Fsp3) is 0.625. The summed E-state index contributed by atoms with van der Waals surface area (Å²) in [5.74, 6) is 0.842. The predicted molar refractivity (Wildman–Crippen MR) is 72.1 cm³/mol.